The minimum absolute atomic E-state index is 1.000. The molecule has 0 saturated carbocycles. The fourth-order valence-corrected chi connectivity index (χ4v) is 3.09. The largest absolute Gasteiger partial charge is 0.384 e. The normalized spacial score (nSPS) is 13.4. The molecular formula is C16H21N3. The molecule has 0 atom stereocenters. The van der Waals surface area contributed by atoms with Gasteiger partial charge >= 0.3 is 0 Å². The number of fused-ring (bicyclic) bond motifs is 1. The third kappa shape index (κ3) is 1.93. The molecule has 1 aliphatic rings. The fraction of sp³-hybridized carbons (Fsp3) is 0.438. The molecule has 3 nitrogen and oxygen atoms in total. The van der Waals surface area contributed by atoms with E-state index in [1.165, 1.54) is 28.1 Å². The predicted molar refractivity (Wildman–Crippen MR) is 79.6 cm³/mol. The Morgan fingerprint density at radius 3 is 2.95 bits per heavy atom. The number of benzene rings is 1. The summed E-state index contributed by atoms with van der Waals surface area (Å²) >= 11 is 0. The zero-order valence-electron chi connectivity index (χ0n) is 12.0. The van der Waals surface area contributed by atoms with Gasteiger partial charge in [0.1, 0.15) is 0 Å². The molecule has 3 heteroatoms. The van der Waals surface area contributed by atoms with Crippen LogP contribution < -0.4 is 5.32 Å². The molecule has 2 heterocycles. The Morgan fingerprint density at radius 1 is 1.32 bits per heavy atom. The zero-order chi connectivity index (χ0) is 13.4. The number of anilines is 1. The van der Waals surface area contributed by atoms with Gasteiger partial charge in [-0.05, 0) is 43.9 Å². The topological polar surface area (TPSA) is 29.9 Å². The van der Waals surface area contributed by atoms with Gasteiger partial charge in [0, 0.05) is 30.0 Å². The minimum atomic E-state index is 1.000. The summed E-state index contributed by atoms with van der Waals surface area (Å²) in [5.41, 5.74) is 7.86. The summed E-state index contributed by atoms with van der Waals surface area (Å²) in [5, 5.41) is 8.15. The average molecular weight is 255 g/mol. The highest BCUT2D eigenvalue weighted by molar-refractivity contribution is 5.78. The second kappa shape index (κ2) is 4.72. The van der Waals surface area contributed by atoms with Gasteiger partial charge in [0.25, 0.3) is 0 Å². The molecule has 0 bridgehead atoms. The highest BCUT2D eigenvalue weighted by atomic mass is 15.3. The number of aryl methyl sites for hydroxylation is 2. The number of hydrogen-bond donors (Lipinski definition) is 1. The van der Waals surface area contributed by atoms with Crippen molar-refractivity contribution in [1.29, 1.82) is 0 Å². The first-order valence-corrected chi connectivity index (χ1v) is 7.12. The lowest BCUT2D eigenvalue weighted by atomic mass is 9.96. The third-order valence-electron chi connectivity index (χ3n) is 3.95. The second-order valence-electron chi connectivity index (χ2n) is 5.28. The summed E-state index contributed by atoms with van der Waals surface area (Å²) in [4.78, 5) is 0. The van der Waals surface area contributed by atoms with Gasteiger partial charge in [-0.3, -0.25) is 4.68 Å². The Hall–Kier alpha value is -1.77. The maximum atomic E-state index is 4.70. The van der Waals surface area contributed by atoms with Crippen LogP contribution in [0.25, 0.3) is 11.1 Å². The number of hydrogen-bond acceptors (Lipinski definition) is 2. The molecule has 1 aromatic carbocycles. The average Bonchev–Trinajstić information content (AvgIpc) is 2.96. The van der Waals surface area contributed by atoms with Crippen LogP contribution in [0.1, 0.15) is 30.3 Å². The predicted octanol–water partition coefficient (Wildman–Crippen LogP) is 3.54. The summed E-state index contributed by atoms with van der Waals surface area (Å²) in [6, 6.07) is 6.55. The highest BCUT2D eigenvalue weighted by Crippen LogP contribution is 2.36. The summed E-state index contributed by atoms with van der Waals surface area (Å²) in [7, 11) is 0. The SMILES string of the molecule is CCCn1nc(C)c(-c2cccc3c2CCN3)c1C. The molecule has 1 N–H and O–H groups in total. The van der Waals surface area contributed by atoms with Crippen LogP contribution in [0, 0.1) is 13.8 Å². The molecule has 0 unspecified atom stereocenters. The van der Waals surface area contributed by atoms with Crippen LogP contribution in [-0.2, 0) is 13.0 Å². The molecule has 2 aromatic rings. The molecule has 1 aromatic heterocycles. The molecular weight excluding hydrogens is 234 g/mol. The summed E-state index contributed by atoms with van der Waals surface area (Å²) in [6.07, 6.45) is 2.24. The van der Waals surface area contributed by atoms with Crippen LogP contribution in [0.15, 0.2) is 18.2 Å². The van der Waals surface area contributed by atoms with Gasteiger partial charge in [-0.2, -0.15) is 5.10 Å². The summed E-state index contributed by atoms with van der Waals surface area (Å²) in [5.74, 6) is 0. The first kappa shape index (κ1) is 12.3. The van der Waals surface area contributed by atoms with E-state index in [1.807, 2.05) is 0 Å². The summed E-state index contributed by atoms with van der Waals surface area (Å²) < 4.78 is 2.15. The molecule has 3 rings (SSSR count). The Morgan fingerprint density at radius 2 is 2.16 bits per heavy atom. The lowest BCUT2D eigenvalue weighted by Crippen LogP contribution is -2.01. The molecule has 0 aliphatic carbocycles. The van der Waals surface area contributed by atoms with Crippen molar-refractivity contribution >= 4 is 5.69 Å². The van der Waals surface area contributed by atoms with Gasteiger partial charge in [0.2, 0.25) is 0 Å². The molecule has 0 saturated heterocycles. The highest BCUT2D eigenvalue weighted by Gasteiger charge is 2.20. The van der Waals surface area contributed by atoms with Crippen molar-refractivity contribution in [3.8, 4) is 11.1 Å². The lowest BCUT2D eigenvalue weighted by Gasteiger charge is -2.09. The van der Waals surface area contributed by atoms with Crippen molar-refractivity contribution in [2.45, 2.75) is 40.2 Å². The van der Waals surface area contributed by atoms with E-state index in [9.17, 15) is 0 Å². The zero-order valence-corrected chi connectivity index (χ0v) is 12.0. The van der Waals surface area contributed by atoms with Crippen molar-refractivity contribution < 1.29 is 0 Å². The van der Waals surface area contributed by atoms with E-state index < -0.39 is 0 Å². The van der Waals surface area contributed by atoms with E-state index in [0.29, 0.717) is 0 Å². The number of nitrogens with zero attached hydrogens (tertiary/aromatic N) is 2. The van der Waals surface area contributed by atoms with E-state index in [4.69, 9.17) is 5.10 Å². The van der Waals surface area contributed by atoms with Crippen LogP contribution >= 0.6 is 0 Å². The summed E-state index contributed by atoms with van der Waals surface area (Å²) in [6.45, 7) is 8.55. The van der Waals surface area contributed by atoms with Gasteiger partial charge in [-0.25, -0.2) is 0 Å². The third-order valence-corrected chi connectivity index (χ3v) is 3.95. The Bertz CT molecular complexity index is 611. The Balaban J connectivity index is 2.15. The first-order valence-electron chi connectivity index (χ1n) is 7.12. The van der Waals surface area contributed by atoms with Crippen LogP contribution in [0.2, 0.25) is 0 Å². The van der Waals surface area contributed by atoms with Gasteiger partial charge in [0.15, 0.2) is 0 Å². The van der Waals surface area contributed by atoms with Crippen LogP contribution in [0.3, 0.4) is 0 Å². The van der Waals surface area contributed by atoms with Crippen LogP contribution in [-0.4, -0.2) is 16.3 Å². The van der Waals surface area contributed by atoms with Crippen LogP contribution in [0.4, 0.5) is 5.69 Å². The molecule has 19 heavy (non-hydrogen) atoms. The Kier molecular flexibility index (Phi) is 3.05. The molecule has 1 aliphatic heterocycles. The maximum Gasteiger partial charge on any atom is 0.0675 e. The van der Waals surface area contributed by atoms with Crippen molar-refractivity contribution in [2.75, 3.05) is 11.9 Å². The quantitative estimate of drug-likeness (QED) is 0.909. The van der Waals surface area contributed by atoms with Crippen molar-refractivity contribution in [1.82, 2.24) is 9.78 Å². The minimum Gasteiger partial charge on any atom is -0.384 e. The number of rotatable bonds is 3. The van der Waals surface area contributed by atoms with Gasteiger partial charge in [0.05, 0.1) is 5.69 Å². The number of nitrogens with one attached hydrogen (secondary N) is 1. The lowest BCUT2D eigenvalue weighted by molar-refractivity contribution is 0.583. The fourth-order valence-electron chi connectivity index (χ4n) is 3.09. The second-order valence-corrected chi connectivity index (χ2v) is 5.28. The molecule has 100 valence electrons. The monoisotopic (exact) mass is 255 g/mol. The van der Waals surface area contributed by atoms with Gasteiger partial charge < -0.3 is 5.32 Å². The molecule has 0 amide bonds. The van der Waals surface area contributed by atoms with Crippen molar-refractivity contribution in [3.05, 3.63) is 35.2 Å². The van der Waals surface area contributed by atoms with E-state index in [-0.39, 0.29) is 0 Å². The molecule has 0 radical (unpaired) electrons. The smallest absolute Gasteiger partial charge is 0.0675 e. The Labute approximate surface area is 114 Å². The molecule has 0 spiro atoms. The van der Waals surface area contributed by atoms with E-state index in [0.717, 1.165) is 31.6 Å². The van der Waals surface area contributed by atoms with E-state index in [2.05, 4.69) is 49.0 Å². The maximum absolute atomic E-state index is 4.70. The van der Waals surface area contributed by atoms with E-state index in [1.54, 1.807) is 0 Å². The van der Waals surface area contributed by atoms with E-state index >= 15 is 0 Å². The van der Waals surface area contributed by atoms with Crippen molar-refractivity contribution in [3.63, 3.8) is 0 Å². The van der Waals surface area contributed by atoms with Crippen molar-refractivity contribution in [2.24, 2.45) is 0 Å². The standard InChI is InChI=1S/C16H21N3/c1-4-10-19-12(3)16(11(2)18-19)14-6-5-7-15-13(14)8-9-17-15/h5-7,17H,4,8-10H2,1-3H3. The van der Waals surface area contributed by atoms with Crippen LogP contribution in [0.5, 0.6) is 0 Å². The molecule has 0 fully saturated rings. The first-order chi connectivity index (χ1) is 9.22. The number of aromatic nitrogens is 2. The van der Waals surface area contributed by atoms with Gasteiger partial charge in [-0.15, -0.1) is 0 Å². The van der Waals surface area contributed by atoms with Gasteiger partial charge in [-0.1, -0.05) is 19.1 Å².